The highest BCUT2D eigenvalue weighted by Crippen LogP contribution is 2.04. The number of alkyl carbamates (subject to hydrolysis) is 1. The van der Waals surface area contributed by atoms with Crippen molar-refractivity contribution in [1.29, 1.82) is 0 Å². The summed E-state index contributed by atoms with van der Waals surface area (Å²) in [5, 5.41) is 2.40. The smallest absolute Gasteiger partial charge is 0.407 e. The molecule has 0 radical (unpaired) electrons. The van der Waals surface area contributed by atoms with Crippen LogP contribution in [-0.2, 0) is 23.8 Å². The molecule has 0 rings (SSSR count). The summed E-state index contributed by atoms with van der Waals surface area (Å²) in [6.07, 6.45) is 0.495. The van der Waals surface area contributed by atoms with Crippen molar-refractivity contribution >= 4 is 18.0 Å². The van der Waals surface area contributed by atoms with E-state index in [-0.39, 0.29) is 31.6 Å². The molecule has 1 amide bonds. The molecule has 7 nitrogen and oxygen atoms in total. The fourth-order valence-corrected chi connectivity index (χ4v) is 1.13. The third-order valence-electron chi connectivity index (χ3n) is 2.57. The first-order valence-electron chi connectivity index (χ1n) is 6.81. The van der Waals surface area contributed by atoms with Gasteiger partial charge in [0.1, 0.15) is 19.3 Å². The Hall–Kier alpha value is -2.05. The molecule has 21 heavy (non-hydrogen) atoms. The second-order valence-electron chi connectivity index (χ2n) is 4.45. The van der Waals surface area contributed by atoms with E-state index in [2.05, 4.69) is 16.6 Å². The van der Waals surface area contributed by atoms with Crippen LogP contribution in [-0.4, -0.2) is 43.9 Å². The summed E-state index contributed by atoms with van der Waals surface area (Å²) in [6, 6.07) is 0. The molecule has 0 heterocycles. The van der Waals surface area contributed by atoms with Crippen LogP contribution in [0.2, 0.25) is 0 Å². The van der Waals surface area contributed by atoms with Crippen LogP contribution >= 0.6 is 0 Å². The topological polar surface area (TPSA) is 90.9 Å². The molecule has 7 heteroatoms. The third-order valence-corrected chi connectivity index (χ3v) is 2.57. The maximum atomic E-state index is 11.4. The van der Waals surface area contributed by atoms with E-state index in [4.69, 9.17) is 9.47 Å². The van der Waals surface area contributed by atoms with Gasteiger partial charge in [0, 0.05) is 6.08 Å². The van der Waals surface area contributed by atoms with Crippen LogP contribution in [0.3, 0.4) is 0 Å². The van der Waals surface area contributed by atoms with Crippen molar-refractivity contribution < 1.29 is 28.6 Å². The van der Waals surface area contributed by atoms with E-state index in [0.717, 1.165) is 6.08 Å². The Morgan fingerprint density at radius 2 is 1.90 bits per heavy atom. The van der Waals surface area contributed by atoms with E-state index in [9.17, 15) is 14.4 Å². The molecule has 2 unspecified atom stereocenters. The van der Waals surface area contributed by atoms with Crippen molar-refractivity contribution in [3.63, 3.8) is 0 Å². The molecule has 120 valence electrons. The van der Waals surface area contributed by atoms with Crippen molar-refractivity contribution in [2.45, 2.75) is 33.3 Å². The average Bonchev–Trinajstić information content (AvgIpc) is 2.47. The van der Waals surface area contributed by atoms with E-state index in [1.165, 1.54) is 0 Å². The normalized spacial score (nSPS) is 12.7. The van der Waals surface area contributed by atoms with Crippen LogP contribution in [0.4, 0.5) is 4.79 Å². The Balaban J connectivity index is 3.77. The Morgan fingerprint density at radius 3 is 2.48 bits per heavy atom. The van der Waals surface area contributed by atoms with Crippen LogP contribution in [0.1, 0.15) is 27.2 Å². The lowest BCUT2D eigenvalue weighted by atomic mass is 10.1. The van der Waals surface area contributed by atoms with Gasteiger partial charge >= 0.3 is 18.0 Å². The van der Waals surface area contributed by atoms with Gasteiger partial charge in [-0.25, -0.2) is 9.59 Å². The minimum absolute atomic E-state index is 0.00203. The monoisotopic (exact) mass is 301 g/mol. The molecule has 2 atom stereocenters. The van der Waals surface area contributed by atoms with Gasteiger partial charge in [0.05, 0.1) is 12.5 Å². The number of esters is 2. The summed E-state index contributed by atoms with van der Waals surface area (Å²) in [5.74, 6) is -1.05. The summed E-state index contributed by atoms with van der Waals surface area (Å²) in [5.41, 5.74) is 0. The van der Waals surface area contributed by atoms with Gasteiger partial charge in [0.25, 0.3) is 0 Å². The van der Waals surface area contributed by atoms with E-state index < -0.39 is 18.2 Å². The molecule has 0 bridgehead atoms. The van der Waals surface area contributed by atoms with Gasteiger partial charge in [-0.05, 0) is 13.3 Å². The van der Waals surface area contributed by atoms with Crippen LogP contribution in [0.25, 0.3) is 0 Å². The summed E-state index contributed by atoms with van der Waals surface area (Å²) in [4.78, 5) is 33.5. The van der Waals surface area contributed by atoms with E-state index in [1.807, 2.05) is 6.92 Å². The first kappa shape index (κ1) is 18.9. The minimum Gasteiger partial charge on any atom is -0.462 e. The van der Waals surface area contributed by atoms with Crippen molar-refractivity contribution in [2.75, 3.05) is 19.8 Å². The minimum atomic E-state index is -0.670. The molecule has 0 saturated carbocycles. The predicted octanol–water partition coefficient (Wildman–Crippen LogP) is 1.42. The Bertz CT molecular complexity index is 368. The SMILES string of the molecule is C=CC(=O)OCCNC(=O)OC(C)COC(=O)C(C)CC. The first-order valence-corrected chi connectivity index (χ1v) is 6.81. The zero-order valence-electron chi connectivity index (χ0n) is 12.7. The maximum Gasteiger partial charge on any atom is 0.407 e. The molecule has 0 aromatic carbocycles. The first-order chi connectivity index (χ1) is 9.90. The number of hydrogen-bond donors (Lipinski definition) is 1. The zero-order valence-corrected chi connectivity index (χ0v) is 12.7. The van der Waals surface area contributed by atoms with E-state index in [0.29, 0.717) is 6.42 Å². The highest BCUT2D eigenvalue weighted by molar-refractivity contribution is 5.81. The number of nitrogens with one attached hydrogen (secondary N) is 1. The highest BCUT2D eigenvalue weighted by Gasteiger charge is 2.15. The third kappa shape index (κ3) is 9.48. The second kappa shape index (κ2) is 10.7. The summed E-state index contributed by atoms with van der Waals surface area (Å²) in [6.45, 7) is 8.66. The number of amides is 1. The molecular formula is C14H23NO6. The Morgan fingerprint density at radius 1 is 1.24 bits per heavy atom. The van der Waals surface area contributed by atoms with Gasteiger partial charge in [0.2, 0.25) is 0 Å². The van der Waals surface area contributed by atoms with Gasteiger partial charge < -0.3 is 19.5 Å². The van der Waals surface area contributed by atoms with Crippen LogP contribution in [0.15, 0.2) is 12.7 Å². The molecule has 0 aliphatic rings. The molecule has 0 aromatic heterocycles. The van der Waals surface area contributed by atoms with Crippen LogP contribution in [0.5, 0.6) is 0 Å². The largest absolute Gasteiger partial charge is 0.462 e. The van der Waals surface area contributed by atoms with E-state index >= 15 is 0 Å². The summed E-state index contributed by atoms with van der Waals surface area (Å²) in [7, 11) is 0. The summed E-state index contributed by atoms with van der Waals surface area (Å²) >= 11 is 0. The molecule has 1 N–H and O–H groups in total. The highest BCUT2D eigenvalue weighted by atomic mass is 16.6. The molecular weight excluding hydrogens is 278 g/mol. The van der Waals surface area contributed by atoms with E-state index in [1.54, 1.807) is 13.8 Å². The lowest BCUT2D eigenvalue weighted by Crippen LogP contribution is -2.33. The van der Waals surface area contributed by atoms with Crippen molar-refractivity contribution in [3.05, 3.63) is 12.7 Å². The maximum absolute atomic E-state index is 11.4. The van der Waals surface area contributed by atoms with Crippen LogP contribution in [0, 0.1) is 5.92 Å². The molecule has 0 saturated heterocycles. The number of hydrogen-bond acceptors (Lipinski definition) is 6. The van der Waals surface area contributed by atoms with Gasteiger partial charge in [0.15, 0.2) is 0 Å². The zero-order chi connectivity index (χ0) is 16.3. The van der Waals surface area contributed by atoms with Gasteiger partial charge in [-0.2, -0.15) is 0 Å². The molecule has 0 fully saturated rings. The number of carbonyl (C=O) groups excluding carboxylic acids is 3. The Labute approximate surface area is 124 Å². The molecule has 0 aliphatic carbocycles. The number of ether oxygens (including phenoxy) is 3. The lowest BCUT2D eigenvalue weighted by Gasteiger charge is -2.15. The predicted molar refractivity (Wildman–Crippen MR) is 75.5 cm³/mol. The van der Waals surface area contributed by atoms with Gasteiger partial charge in [-0.3, -0.25) is 4.79 Å². The molecule has 0 aromatic rings. The quantitative estimate of drug-likeness (QED) is 0.300. The van der Waals surface area contributed by atoms with Crippen molar-refractivity contribution in [1.82, 2.24) is 5.32 Å². The molecule has 0 aliphatic heterocycles. The van der Waals surface area contributed by atoms with Crippen molar-refractivity contribution in [3.8, 4) is 0 Å². The standard InChI is InChI=1S/C14H23NO6/c1-5-10(3)13(17)20-9-11(4)21-14(18)15-7-8-19-12(16)6-2/h6,10-11H,2,5,7-9H2,1,3-4H3,(H,15,18). The van der Waals surface area contributed by atoms with Crippen LogP contribution < -0.4 is 5.32 Å². The number of rotatable bonds is 9. The fourth-order valence-electron chi connectivity index (χ4n) is 1.13. The second-order valence-corrected chi connectivity index (χ2v) is 4.45. The number of carbonyl (C=O) groups is 3. The van der Waals surface area contributed by atoms with Gasteiger partial charge in [-0.1, -0.05) is 20.4 Å². The summed E-state index contributed by atoms with van der Waals surface area (Å²) < 4.78 is 14.6. The van der Waals surface area contributed by atoms with Crippen molar-refractivity contribution in [2.24, 2.45) is 5.92 Å². The Kier molecular flexibility index (Phi) is 9.66. The van der Waals surface area contributed by atoms with Gasteiger partial charge in [-0.15, -0.1) is 0 Å². The fraction of sp³-hybridized carbons (Fsp3) is 0.643. The average molecular weight is 301 g/mol. The molecule has 0 spiro atoms. The lowest BCUT2D eigenvalue weighted by molar-refractivity contribution is -0.150.